The standard InChI is InChI=1S/C30H30ClF2N5O3S/c1-3-25(39)35-4-6-36(7-5-35)29-21-8-16(2)26(20-10-22(31)24(33)11-23(20)32)28-27(21)38(30(40)34-29)18(15-42-28)12-37-13-19-9-17(37)14-41-19/h3,8,10-11,17-19H,1,4-7,9,12-15H2,2H3/t17-,18-,19-/m0/s1. The van der Waals surface area contributed by atoms with Crippen LogP contribution in [0.25, 0.3) is 22.0 Å². The fraction of sp³-hybridized carbons (Fsp3) is 0.433. The van der Waals surface area contributed by atoms with Gasteiger partial charge in [-0.05, 0) is 37.1 Å². The molecular formula is C30H30ClF2N5O3S. The number of fused-ring (bicyclic) bond motifs is 2. The number of ether oxygens (including phenoxy) is 1. The van der Waals surface area contributed by atoms with Crippen molar-refractivity contribution >= 4 is 46.0 Å². The van der Waals surface area contributed by atoms with Crippen LogP contribution in [0.5, 0.6) is 0 Å². The minimum Gasteiger partial charge on any atom is -0.375 e. The van der Waals surface area contributed by atoms with Crippen LogP contribution in [0.3, 0.4) is 0 Å². The highest BCUT2D eigenvalue weighted by Crippen LogP contribution is 2.47. The fourth-order valence-electron chi connectivity index (χ4n) is 6.89. The maximum absolute atomic E-state index is 15.3. The number of halogens is 3. The van der Waals surface area contributed by atoms with Gasteiger partial charge in [-0.25, -0.2) is 13.6 Å². The number of nitrogens with zero attached hydrogens (tertiary/aromatic N) is 5. The maximum Gasteiger partial charge on any atom is 0.350 e. The van der Waals surface area contributed by atoms with E-state index in [1.165, 1.54) is 12.1 Å². The summed E-state index contributed by atoms with van der Waals surface area (Å²) in [6.07, 6.45) is 2.55. The van der Waals surface area contributed by atoms with E-state index in [2.05, 4.69) is 16.5 Å². The number of aromatic nitrogens is 2. The Morgan fingerprint density at radius 1 is 1.21 bits per heavy atom. The zero-order valence-corrected chi connectivity index (χ0v) is 24.7. The van der Waals surface area contributed by atoms with Crippen molar-refractivity contribution in [3.8, 4) is 11.1 Å². The first-order chi connectivity index (χ1) is 20.2. The molecule has 8 nitrogen and oxygen atoms in total. The molecule has 4 aliphatic rings. The maximum atomic E-state index is 15.3. The number of thioether (sulfide) groups is 1. The molecule has 1 amide bonds. The molecule has 0 spiro atoms. The lowest BCUT2D eigenvalue weighted by Crippen LogP contribution is -2.49. The van der Waals surface area contributed by atoms with Gasteiger partial charge in [-0.3, -0.25) is 14.3 Å². The van der Waals surface area contributed by atoms with E-state index in [0.717, 1.165) is 34.9 Å². The molecular weight excluding hydrogens is 584 g/mol. The van der Waals surface area contributed by atoms with Crippen LogP contribution in [0.1, 0.15) is 18.0 Å². The zero-order chi connectivity index (χ0) is 29.3. The molecule has 2 bridgehead atoms. The summed E-state index contributed by atoms with van der Waals surface area (Å²) in [6, 6.07) is 4.28. The highest BCUT2D eigenvalue weighted by molar-refractivity contribution is 7.99. The van der Waals surface area contributed by atoms with Crippen LogP contribution in [-0.4, -0.2) is 89.0 Å². The van der Waals surface area contributed by atoms with Gasteiger partial charge in [0.25, 0.3) is 0 Å². The molecule has 2 aromatic carbocycles. The van der Waals surface area contributed by atoms with Gasteiger partial charge in [0.2, 0.25) is 5.91 Å². The first-order valence-electron chi connectivity index (χ1n) is 14.1. The van der Waals surface area contributed by atoms with Gasteiger partial charge in [0, 0.05) is 78.5 Å². The number of hydrogen-bond donors (Lipinski definition) is 0. The van der Waals surface area contributed by atoms with E-state index in [-0.39, 0.29) is 34.3 Å². The lowest BCUT2D eigenvalue weighted by atomic mass is 9.96. The molecule has 7 rings (SSSR count). The quantitative estimate of drug-likeness (QED) is 0.315. The third kappa shape index (κ3) is 4.52. The van der Waals surface area contributed by atoms with Crippen LogP contribution >= 0.6 is 23.4 Å². The second-order valence-electron chi connectivity index (χ2n) is 11.4. The smallest absolute Gasteiger partial charge is 0.350 e. The number of likely N-dealkylation sites (tertiary alicyclic amines) is 1. The van der Waals surface area contributed by atoms with E-state index >= 15 is 4.39 Å². The van der Waals surface area contributed by atoms with Gasteiger partial charge in [0.1, 0.15) is 17.5 Å². The number of carbonyl (C=O) groups excluding carboxylic acids is 1. The van der Waals surface area contributed by atoms with Crippen molar-refractivity contribution in [2.75, 3.05) is 56.5 Å². The van der Waals surface area contributed by atoms with Gasteiger partial charge >= 0.3 is 5.69 Å². The number of carbonyl (C=O) groups is 1. The minimum atomic E-state index is -0.820. The van der Waals surface area contributed by atoms with E-state index in [9.17, 15) is 14.0 Å². The van der Waals surface area contributed by atoms with E-state index in [1.807, 2.05) is 17.9 Å². The molecule has 0 saturated carbocycles. The van der Waals surface area contributed by atoms with Gasteiger partial charge in [-0.1, -0.05) is 18.2 Å². The van der Waals surface area contributed by atoms with Crippen molar-refractivity contribution in [1.82, 2.24) is 19.4 Å². The second-order valence-corrected chi connectivity index (χ2v) is 12.8. The van der Waals surface area contributed by atoms with Crippen LogP contribution in [0, 0.1) is 18.6 Å². The monoisotopic (exact) mass is 613 g/mol. The Labute approximate surface area is 250 Å². The predicted octanol–water partition coefficient (Wildman–Crippen LogP) is 4.26. The third-order valence-corrected chi connectivity index (χ3v) is 10.5. The number of benzene rings is 2. The molecule has 0 aliphatic carbocycles. The van der Waals surface area contributed by atoms with Crippen molar-refractivity contribution in [3.05, 3.63) is 63.6 Å². The Morgan fingerprint density at radius 3 is 2.69 bits per heavy atom. The van der Waals surface area contributed by atoms with E-state index < -0.39 is 11.6 Å². The average molecular weight is 614 g/mol. The summed E-state index contributed by atoms with van der Waals surface area (Å²) < 4.78 is 37.0. The zero-order valence-electron chi connectivity index (χ0n) is 23.1. The summed E-state index contributed by atoms with van der Waals surface area (Å²) >= 11 is 7.71. The van der Waals surface area contributed by atoms with Crippen molar-refractivity contribution in [3.63, 3.8) is 0 Å². The van der Waals surface area contributed by atoms with Crippen molar-refractivity contribution in [2.45, 2.75) is 36.4 Å². The highest BCUT2D eigenvalue weighted by atomic mass is 35.5. The molecule has 0 unspecified atom stereocenters. The first kappa shape index (κ1) is 27.8. The second kappa shape index (κ2) is 10.6. The summed E-state index contributed by atoms with van der Waals surface area (Å²) in [5.74, 6) is -0.495. The van der Waals surface area contributed by atoms with Crippen molar-refractivity contribution < 1.29 is 18.3 Å². The Balaban J connectivity index is 1.38. The molecule has 0 N–H and O–H groups in total. The number of morpholine rings is 1. The SMILES string of the molecule is C=CC(=O)N1CCN(c2nc(=O)n3c4c(c(-c5cc(Cl)c(F)cc5F)c(C)cc24)SC[C@@H]3CN2C[C@@H]3C[C@H]2CO3)CC1. The lowest BCUT2D eigenvalue weighted by Gasteiger charge is -2.37. The summed E-state index contributed by atoms with van der Waals surface area (Å²) in [5, 5.41) is 0.634. The number of rotatable bonds is 5. The van der Waals surface area contributed by atoms with Crippen LogP contribution in [0.4, 0.5) is 14.6 Å². The summed E-state index contributed by atoms with van der Waals surface area (Å²) in [7, 11) is 0. The fourth-order valence-corrected chi connectivity index (χ4v) is 8.42. The van der Waals surface area contributed by atoms with Crippen LogP contribution in [-0.2, 0) is 9.53 Å². The molecule has 3 saturated heterocycles. The molecule has 5 heterocycles. The Kier molecular flexibility index (Phi) is 7.04. The van der Waals surface area contributed by atoms with E-state index in [1.54, 1.807) is 21.2 Å². The van der Waals surface area contributed by atoms with Crippen molar-refractivity contribution in [2.24, 2.45) is 0 Å². The Hall–Kier alpha value is -2.99. The van der Waals surface area contributed by atoms with Gasteiger partial charge in [0.05, 0.1) is 29.3 Å². The molecule has 12 heteroatoms. The Morgan fingerprint density at radius 2 is 2.00 bits per heavy atom. The van der Waals surface area contributed by atoms with Crippen molar-refractivity contribution in [1.29, 1.82) is 0 Å². The van der Waals surface area contributed by atoms with Gasteiger partial charge < -0.3 is 14.5 Å². The lowest BCUT2D eigenvalue weighted by molar-refractivity contribution is -0.126. The highest BCUT2D eigenvalue weighted by Gasteiger charge is 2.41. The van der Waals surface area contributed by atoms with Gasteiger partial charge in [-0.15, -0.1) is 11.8 Å². The molecule has 3 atom stereocenters. The number of piperazine rings is 1. The molecule has 4 aliphatic heterocycles. The molecule has 42 heavy (non-hydrogen) atoms. The van der Waals surface area contributed by atoms with E-state index in [4.69, 9.17) is 16.3 Å². The predicted molar refractivity (Wildman–Crippen MR) is 160 cm³/mol. The van der Waals surface area contributed by atoms with Crippen LogP contribution < -0.4 is 10.6 Å². The number of amides is 1. The van der Waals surface area contributed by atoms with Gasteiger partial charge in [-0.2, -0.15) is 4.98 Å². The molecule has 3 aromatic rings. The summed E-state index contributed by atoms with van der Waals surface area (Å²) in [6.45, 7) is 9.70. The normalized spacial score (nSPS) is 23.7. The third-order valence-electron chi connectivity index (χ3n) is 8.93. The van der Waals surface area contributed by atoms with Crippen LogP contribution in [0.15, 0.2) is 40.5 Å². The number of anilines is 1. The minimum absolute atomic E-state index is 0.125. The summed E-state index contributed by atoms with van der Waals surface area (Å²) in [5.41, 5.74) is 1.92. The van der Waals surface area contributed by atoms with Crippen LogP contribution in [0.2, 0.25) is 5.02 Å². The topological polar surface area (TPSA) is 70.9 Å². The molecule has 3 fully saturated rings. The summed E-state index contributed by atoms with van der Waals surface area (Å²) in [4.78, 5) is 37.7. The average Bonchev–Trinajstić information content (AvgIpc) is 3.61. The molecule has 1 aromatic heterocycles. The first-order valence-corrected chi connectivity index (χ1v) is 15.5. The Bertz CT molecular complexity index is 1690. The molecule has 220 valence electrons. The number of hydrogen-bond acceptors (Lipinski definition) is 7. The van der Waals surface area contributed by atoms with E-state index in [0.29, 0.717) is 68.0 Å². The molecule has 0 radical (unpaired) electrons. The number of aryl methyl sites for hydroxylation is 1. The largest absolute Gasteiger partial charge is 0.375 e. The van der Waals surface area contributed by atoms with Gasteiger partial charge in [0.15, 0.2) is 0 Å².